The van der Waals surface area contributed by atoms with Gasteiger partial charge in [-0.15, -0.1) is 3.89 Å². The molecule has 0 aliphatic carbocycles. The van der Waals surface area contributed by atoms with Crippen molar-refractivity contribution in [3.8, 4) is 0 Å². The number of halogens is 1. The first kappa shape index (κ1) is 7.84. The van der Waals surface area contributed by atoms with Crippen LogP contribution in [0.3, 0.4) is 0 Å². The van der Waals surface area contributed by atoms with Crippen LogP contribution >= 0.6 is 0 Å². The SMILES string of the molecule is CNCCS(=O)(=O)F. The topological polar surface area (TPSA) is 46.2 Å². The number of hydrogen-bond donors (Lipinski definition) is 1. The van der Waals surface area contributed by atoms with E-state index in [-0.39, 0.29) is 6.54 Å². The Labute approximate surface area is 48.1 Å². The molecule has 0 aromatic carbocycles. The van der Waals surface area contributed by atoms with Gasteiger partial charge in [0, 0.05) is 6.54 Å². The summed E-state index contributed by atoms with van der Waals surface area (Å²) in [7, 11) is -2.69. The number of rotatable bonds is 3. The molecule has 0 spiro atoms. The van der Waals surface area contributed by atoms with Crippen molar-refractivity contribution in [3.05, 3.63) is 0 Å². The maximum absolute atomic E-state index is 11.5. The molecule has 50 valence electrons. The van der Waals surface area contributed by atoms with E-state index in [1.54, 1.807) is 7.05 Å². The van der Waals surface area contributed by atoms with Gasteiger partial charge in [-0.2, -0.15) is 8.42 Å². The minimum absolute atomic E-state index is 0.166. The molecule has 0 fully saturated rings. The van der Waals surface area contributed by atoms with Gasteiger partial charge in [0.15, 0.2) is 0 Å². The maximum Gasteiger partial charge on any atom is 0.303 e. The Morgan fingerprint density at radius 1 is 1.62 bits per heavy atom. The van der Waals surface area contributed by atoms with Gasteiger partial charge in [-0.1, -0.05) is 0 Å². The molecule has 8 heavy (non-hydrogen) atoms. The number of nitrogens with one attached hydrogen (secondary N) is 1. The van der Waals surface area contributed by atoms with Gasteiger partial charge in [0.05, 0.1) is 5.75 Å². The van der Waals surface area contributed by atoms with Crippen LogP contribution in [0.1, 0.15) is 0 Å². The third-order valence-corrected chi connectivity index (χ3v) is 1.29. The lowest BCUT2D eigenvalue weighted by atomic mass is 10.8. The fraction of sp³-hybridized carbons (Fsp3) is 1.00. The number of hydrogen-bond acceptors (Lipinski definition) is 3. The summed E-state index contributed by atoms with van der Waals surface area (Å²) in [6.07, 6.45) is 0. The summed E-state index contributed by atoms with van der Waals surface area (Å²) in [6, 6.07) is 0. The molecule has 0 aliphatic rings. The molecule has 1 N–H and O–H groups in total. The zero-order valence-corrected chi connectivity index (χ0v) is 5.33. The van der Waals surface area contributed by atoms with Crippen LogP contribution in [0.5, 0.6) is 0 Å². The Morgan fingerprint density at radius 3 is 2.25 bits per heavy atom. The molecule has 0 heterocycles. The van der Waals surface area contributed by atoms with E-state index in [9.17, 15) is 12.3 Å². The van der Waals surface area contributed by atoms with Crippen molar-refractivity contribution in [3.63, 3.8) is 0 Å². The molecular weight excluding hydrogens is 133 g/mol. The molecule has 0 unspecified atom stereocenters. The van der Waals surface area contributed by atoms with Gasteiger partial charge in [0.2, 0.25) is 0 Å². The van der Waals surface area contributed by atoms with Crippen molar-refractivity contribution >= 4 is 10.2 Å². The highest BCUT2D eigenvalue weighted by atomic mass is 32.3. The third kappa shape index (κ3) is 5.84. The normalized spacial score (nSPS) is 11.8. The van der Waals surface area contributed by atoms with E-state index in [4.69, 9.17) is 0 Å². The summed E-state index contributed by atoms with van der Waals surface area (Å²) in [4.78, 5) is 0. The zero-order chi connectivity index (χ0) is 6.62. The molecule has 0 bridgehead atoms. The first-order valence-corrected chi connectivity index (χ1v) is 3.68. The Hall–Kier alpha value is -0.160. The van der Waals surface area contributed by atoms with Crippen molar-refractivity contribution in [1.82, 2.24) is 5.32 Å². The smallest absolute Gasteiger partial charge is 0.303 e. The van der Waals surface area contributed by atoms with E-state index in [0.717, 1.165) is 0 Å². The van der Waals surface area contributed by atoms with Crippen LogP contribution in [-0.2, 0) is 10.2 Å². The Balaban J connectivity index is 3.42. The lowest BCUT2D eigenvalue weighted by Crippen LogP contribution is -2.16. The van der Waals surface area contributed by atoms with Gasteiger partial charge >= 0.3 is 10.2 Å². The fourth-order valence-electron chi connectivity index (χ4n) is 0.224. The molecule has 0 aliphatic heterocycles. The molecule has 0 aromatic heterocycles. The van der Waals surface area contributed by atoms with Crippen LogP contribution in [0.4, 0.5) is 3.89 Å². The summed E-state index contributed by atoms with van der Waals surface area (Å²) in [5, 5.41) is 2.51. The standard InChI is InChI=1S/C3H8FNO2S/c1-5-2-3-8(4,6)7/h5H,2-3H2,1H3. The van der Waals surface area contributed by atoms with Gasteiger partial charge < -0.3 is 5.32 Å². The average molecular weight is 141 g/mol. The predicted molar refractivity (Wildman–Crippen MR) is 28.8 cm³/mol. The van der Waals surface area contributed by atoms with E-state index in [2.05, 4.69) is 5.32 Å². The predicted octanol–water partition coefficient (Wildman–Crippen LogP) is -0.495. The minimum Gasteiger partial charge on any atom is -0.319 e. The average Bonchev–Trinajstić information content (AvgIpc) is 1.59. The van der Waals surface area contributed by atoms with Crippen LogP contribution in [0.25, 0.3) is 0 Å². The fourth-order valence-corrected chi connectivity index (χ4v) is 0.672. The molecule has 0 radical (unpaired) electrons. The zero-order valence-electron chi connectivity index (χ0n) is 4.52. The van der Waals surface area contributed by atoms with Gasteiger partial charge in [-0.05, 0) is 7.05 Å². The molecule has 0 rings (SSSR count). The van der Waals surface area contributed by atoms with Crippen LogP contribution in [0.15, 0.2) is 0 Å². The largest absolute Gasteiger partial charge is 0.319 e. The first-order chi connectivity index (χ1) is 3.56. The molecule has 3 nitrogen and oxygen atoms in total. The maximum atomic E-state index is 11.5. The van der Waals surface area contributed by atoms with Crippen molar-refractivity contribution in [2.75, 3.05) is 19.3 Å². The van der Waals surface area contributed by atoms with Gasteiger partial charge in [-0.3, -0.25) is 0 Å². The Morgan fingerprint density at radius 2 is 2.12 bits per heavy atom. The highest BCUT2D eigenvalue weighted by molar-refractivity contribution is 7.86. The molecule has 0 atom stereocenters. The highest BCUT2D eigenvalue weighted by Crippen LogP contribution is 1.86. The van der Waals surface area contributed by atoms with Crippen LogP contribution in [0, 0.1) is 0 Å². The Kier molecular flexibility index (Phi) is 2.93. The summed E-state index contributed by atoms with van der Waals surface area (Å²) in [6.45, 7) is 0.166. The van der Waals surface area contributed by atoms with Crippen molar-refractivity contribution in [2.45, 2.75) is 0 Å². The van der Waals surface area contributed by atoms with Crippen molar-refractivity contribution in [2.24, 2.45) is 0 Å². The van der Waals surface area contributed by atoms with Crippen LogP contribution < -0.4 is 5.32 Å². The third-order valence-electron chi connectivity index (χ3n) is 0.596. The summed E-state index contributed by atoms with van der Waals surface area (Å²) >= 11 is 0. The monoisotopic (exact) mass is 141 g/mol. The second-order valence-corrected chi connectivity index (χ2v) is 2.83. The van der Waals surface area contributed by atoms with Gasteiger partial charge in [-0.25, -0.2) is 0 Å². The second kappa shape index (κ2) is 2.99. The van der Waals surface area contributed by atoms with Crippen molar-refractivity contribution in [1.29, 1.82) is 0 Å². The molecule has 0 saturated heterocycles. The summed E-state index contributed by atoms with van der Waals surface area (Å²) in [5.41, 5.74) is 0. The highest BCUT2D eigenvalue weighted by Gasteiger charge is 2.03. The Bertz CT molecular complexity index is 141. The molecule has 5 heteroatoms. The molecule has 0 saturated carbocycles. The quantitative estimate of drug-likeness (QED) is 0.539. The van der Waals surface area contributed by atoms with E-state index in [1.807, 2.05) is 0 Å². The molecule has 0 amide bonds. The van der Waals surface area contributed by atoms with Gasteiger partial charge in [0.25, 0.3) is 0 Å². The van der Waals surface area contributed by atoms with Crippen LogP contribution in [-0.4, -0.2) is 27.8 Å². The summed E-state index contributed by atoms with van der Waals surface area (Å²) < 4.78 is 30.9. The van der Waals surface area contributed by atoms with Gasteiger partial charge in [0.1, 0.15) is 0 Å². The van der Waals surface area contributed by atoms with E-state index >= 15 is 0 Å². The van der Waals surface area contributed by atoms with E-state index < -0.39 is 16.0 Å². The first-order valence-electron chi connectivity index (χ1n) is 2.13. The van der Waals surface area contributed by atoms with Crippen LogP contribution in [0.2, 0.25) is 0 Å². The summed E-state index contributed by atoms with van der Waals surface area (Å²) in [5.74, 6) is -0.441. The second-order valence-electron chi connectivity index (χ2n) is 1.35. The van der Waals surface area contributed by atoms with E-state index in [0.29, 0.717) is 0 Å². The van der Waals surface area contributed by atoms with Crippen molar-refractivity contribution < 1.29 is 12.3 Å². The lowest BCUT2D eigenvalue weighted by Gasteiger charge is -1.90. The minimum atomic E-state index is -4.25. The lowest BCUT2D eigenvalue weighted by molar-refractivity contribution is 0.550. The molecule has 0 aromatic rings. The van der Waals surface area contributed by atoms with E-state index in [1.165, 1.54) is 0 Å². The molecular formula is C3H8FNO2S.